The third-order valence-electron chi connectivity index (χ3n) is 3.48. The van der Waals surface area contributed by atoms with Crippen molar-refractivity contribution in [3.8, 4) is 0 Å². The van der Waals surface area contributed by atoms with Crippen molar-refractivity contribution in [1.82, 2.24) is 5.32 Å². The summed E-state index contributed by atoms with van der Waals surface area (Å²) in [5, 5.41) is 3.22. The minimum Gasteiger partial charge on any atom is -0.370 e. The van der Waals surface area contributed by atoms with E-state index in [0.717, 1.165) is 13.1 Å². The Balaban J connectivity index is 2.16. The van der Waals surface area contributed by atoms with Gasteiger partial charge >= 0.3 is 0 Å². The summed E-state index contributed by atoms with van der Waals surface area (Å²) >= 11 is 1.89. The Bertz CT molecular complexity index is 566. The van der Waals surface area contributed by atoms with Crippen LogP contribution in [0.5, 0.6) is 0 Å². The number of aryl methyl sites for hydroxylation is 3. The molecule has 108 valence electrons. The van der Waals surface area contributed by atoms with Crippen molar-refractivity contribution in [2.45, 2.75) is 33.9 Å². The lowest BCUT2D eigenvalue weighted by Crippen LogP contribution is -2.16. The molecular weight excluding hydrogens is 264 g/mol. The zero-order valence-electron chi connectivity index (χ0n) is 13.1. The molecule has 1 N–H and O–H groups in total. The lowest BCUT2D eigenvalue weighted by molar-refractivity contribution is 0.829. The Morgan fingerprint density at radius 3 is 2.30 bits per heavy atom. The first-order valence-corrected chi connectivity index (χ1v) is 7.83. The fourth-order valence-corrected chi connectivity index (χ4v) is 3.59. The molecule has 0 radical (unpaired) electrons. The van der Waals surface area contributed by atoms with Gasteiger partial charge in [-0.05, 0) is 62.7 Å². The van der Waals surface area contributed by atoms with Crippen LogP contribution in [0.4, 0.5) is 5.69 Å². The Morgan fingerprint density at radius 1 is 1.05 bits per heavy atom. The van der Waals surface area contributed by atoms with E-state index in [4.69, 9.17) is 0 Å². The van der Waals surface area contributed by atoms with Gasteiger partial charge in [0.25, 0.3) is 0 Å². The van der Waals surface area contributed by atoms with Gasteiger partial charge in [0.15, 0.2) is 0 Å². The predicted octanol–water partition coefficient (Wildman–Crippen LogP) is 4.03. The Hall–Kier alpha value is -1.32. The van der Waals surface area contributed by atoms with Gasteiger partial charge in [0, 0.05) is 35.6 Å². The lowest BCUT2D eigenvalue weighted by Gasteiger charge is -2.20. The Labute approximate surface area is 126 Å². The molecule has 2 rings (SSSR count). The van der Waals surface area contributed by atoms with Crippen LogP contribution in [-0.4, -0.2) is 14.1 Å². The van der Waals surface area contributed by atoms with Crippen molar-refractivity contribution in [3.05, 3.63) is 50.7 Å². The van der Waals surface area contributed by atoms with Crippen LogP contribution in [0.1, 0.15) is 26.4 Å². The molecule has 1 heterocycles. The number of benzene rings is 1. The smallest absolute Gasteiger partial charge is 0.0437 e. The van der Waals surface area contributed by atoms with Crippen molar-refractivity contribution in [2.24, 2.45) is 0 Å². The molecule has 3 heteroatoms. The van der Waals surface area contributed by atoms with E-state index >= 15 is 0 Å². The number of nitrogens with zero attached hydrogens (tertiary/aromatic N) is 1. The van der Waals surface area contributed by atoms with Gasteiger partial charge in [0.05, 0.1) is 0 Å². The maximum atomic E-state index is 3.22. The van der Waals surface area contributed by atoms with E-state index in [9.17, 15) is 0 Å². The Kier molecular flexibility index (Phi) is 4.84. The third kappa shape index (κ3) is 3.62. The van der Waals surface area contributed by atoms with E-state index < -0.39 is 0 Å². The average Bonchev–Trinajstić information content (AvgIpc) is 2.69. The number of hydrogen-bond acceptors (Lipinski definition) is 3. The second-order valence-corrected chi connectivity index (χ2v) is 6.87. The lowest BCUT2D eigenvalue weighted by atomic mass is 10.1. The van der Waals surface area contributed by atoms with Gasteiger partial charge in [-0.15, -0.1) is 11.3 Å². The van der Waals surface area contributed by atoms with Gasteiger partial charge in [-0.2, -0.15) is 0 Å². The summed E-state index contributed by atoms with van der Waals surface area (Å²) in [5.74, 6) is 0. The first-order valence-electron chi connectivity index (χ1n) is 7.02. The second-order valence-electron chi connectivity index (χ2n) is 5.53. The van der Waals surface area contributed by atoms with E-state index in [2.05, 4.69) is 62.3 Å². The predicted molar refractivity (Wildman–Crippen MR) is 89.8 cm³/mol. The van der Waals surface area contributed by atoms with Crippen molar-refractivity contribution < 1.29 is 0 Å². The van der Waals surface area contributed by atoms with Crippen LogP contribution in [0.2, 0.25) is 0 Å². The first-order chi connectivity index (χ1) is 9.49. The molecule has 2 aromatic rings. The summed E-state index contributed by atoms with van der Waals surface area (Å²) in [4.78, 5) is 5.17. The highest BCUT2D eigenvalue weighted by molar-refractivity contribution is 7.12. The van der Waals surface area contributed by atoms with E-state index in [-0.39, 0.29) is 0 Å². The molecule has 1 aromatic heterocycles. The maximum absolute atomic E-state index is 3.22. The second kappa shape index (κ2) is 6.42. The zero-order chi connectivity index (χ0) is 14.7. The molecule has 0 aliphatic heterocycles. The number of thiophene rings is 1. The summed E-state index contributed by atoms with van der Waals surface area (Å²) in [5.41, 5.74) is 5.37. The van der Waals surface area contributed by atoms with Gasteiger partial charge in [-0.3, -0.25) is 0 Å². The molecule has 0 spiro atoms. The van der Waals surface area contributed by atoms with Crippen molar-refractivity contribution in [3.63, 3.8) is 0 Å². The van der Waals surface area contributed by atoms with Gasteiger partial charge in [-0.1, -0.05) is 6.07 Å². The van der Waals surface area contributed by atoms with E-state index in [1.807, 2.05) is 18.4 Å². The Morgan fingerprint density at radius 2 is 1.70 bits per heavy atom. The van der Waals surface area contributed by atoms with Gasteiger partial charge in [0.1, 0.15) is 0 Å². The molecule has 0 atom stereocenters. The van der Waals surface area contributed by atoms with E-state index in [0.29, 0.717) is 0 Å². The fourth-order valence-electron chi connectivity index (χ4n) is 2.52. The number of rotatable bonds is 5. The number of hydrogen-bond donors (Lipinski definition) is 1. The highest BCUT2D eigenvalue weighted by Crippen LogP contribution is 2.25. The molecular formula is C17H24N2S. The molecule has 20 heavy (non-hydrogen) atoms. The maximum Gasteiger partial charge on any atom is 0.0437 e. The normalized spacial score (nSPS) is 10.8. The molecule has 0 saturated carbocycles. The summed E-state index contributed by atoms with van der Waals surface area (Å²) in [6, 6.07) is 9.06. The van der Waals surface area contributed by atoms with Crippen LogP contribution < -0.4 is 10.2 Å². The van der Waals surface area contributed by atoms with Crippen LogP contribution in [0.3, 0.4) is 0 Å². The minimum absolute atomic E-state index is 0.957. The van der Waals surface area contributed by atoms with Crippen molar-refractivity contribution >= 4 is 17.0 Å². The standard InChI is InChI=1S/C17H24N2S/c1-12-6-13(2)8-16(7-12)19(5)11-15-9-17(10-18-4)20-14(15)3/h6-9,18H,10-11H2,1-5H3. The summed E-state index contributed by atoms with van der Waals surface area (Å²) in [6.07, 6.45) is 0. The minimum atomic E-state index is 0.957. The van der Waals surface area contributed by atoms with E-state index in [1.165, 1.54) is 32.1 Å². The molecule has 0 amide bonds. The van der Waals surface area contributed by atoms with Crippen LogP contribution in [-0.2, 0) is 13.1 Å². The van der Waals surface area contributed by atoms with Crippen molar-refractivity contribution in [2.75, 3.05) is 19.0 Å². The van der Waals surface area contributed by atoms with Gasteiger partial charge < -0.3 is 10.2 Å². The summed E-state index contributed by atoms with van der Waals surface area (Å²) in [6.45, 7) is 8.46. The molecule has 0 aliphatic carbocycles. The zero-order valence-corrected chi connectivity index (χ0v) is 13.9. The molecule has 0 aliphatic rings. The summed E-state index contributed by atoms with van der Waals surface area (Å²) < 4.78 is 0. The molecule has 1 aromatic carbocycles. The number of anilines is 1. The average molecular weight is 288 g/mol. The highest BCUT2D eigenvalue weighted by Gasteiger charge is 2.09. The largest absolute Gasteiger partial charge is 0.370 e. The van der Waals surface area contributed by atoms with E-state index in [1.54, 1.807) is 0 Å². The quantitative estimate of drug-likeness (QED) is 0.893. The molecule has 2 nitrogen and oxygen atoms in total. The molecule has 0 unspecified atom stereocenters. The van der Waals surface area contributed by atoms with Gasteiger partial charge in [0.2, 0.25) is 0 Å². The highest BCUT2D eigenvalue weighted by atomic mass is 32.1. The monoisotopic (exact) mass is 288 g/mol. The number of nitrogens with one attached hydrogen (secondary N) is 1. The van der Waals surface area contributed by atoms with Crippen LogP contribution in [0.25, 0.3) is 0 Å². The first kappa shape index (κ1) is 15.1. The summed E-state index contributed by atoms with van der Waals surface area (Å²) in [7, 11) is 4.17. The topological polar surface area (TPSA) is 15.3 Å². The van der Waals surface area contributed by atoms with Crippen LogP contribution in [0, 0.1) is 20.8 Å². The SMILES string of the molecule is CNCc1cc(CN(C)c2cc(C)cc(C)c2)c(C)s1. The van der Waals surface area contributed by atoms with Gasteiger partial charge in [-0.25, -0.2) is 0 Å². The van der Waals surface area contributed by atoms with Crippen molar-refractivity contribution in [1.29, 1.82) is 0 Å². The van der Waals surface area contributed by atoms with Crippen LogP contribution in [0.15, 0.2) is 24.3 Å². The molecule has 0 fully saturated rings. The molecule has 0 saturated heterocycles. The molecule has 0 bridgehead atoms. The third-order valence-corrected chi connectivity index (χ3v) is 4.57. The van der Waals surface area contributed by atoms with Crippen LogP contribution >= 0.6 is 11.3 Å². The fraction of sp³-hybridized carbons (Fsp3) is 0.412.